The Labute approximate surface area is 178 Å². The van der Waals surface area contributed by atoms with E-state index in [0.717, 1.165) is 45.9 Å². The van der Waals surface area contributed by atoms with Gasteiger partial charge in [0.2, 0.25) is 0 Å². The van der Waals surface area contributed by atoms with Crippen LogP contribution in [0, 0.1) is 6.92 Å². The smallest absolute Gasteiger partial charge is 0.261 e. The third-order valence-electron chi connectivity index (χ3n) is 4.80. The molecule has 0 aliphatic rings. The minimum Gasteiger partial charge on any atom is -0.351 e. The van der Waals surface area contributed by atoms with Crippen LogP contribution in [0.3, 0.4) is 0 Å². The van der Waals surface area contributed by atoms with Crippen LogP contribution in [0.15, 0.2) is 49.1 Å². The fraction of sp³-hybridized carbons (Fsp3) is 0.286. The Morgan fingerprint density at radius 1 is 1.28 bits per heavy atom. The standard InChI is InChI=1S/C21H22ClN5OS/c1-15-17-12-19(20(28)24-8-4-5-10-26-11-9-23-14-26)29-21(17)27(25-15)13-16-6-2-3-7-18(16)22/h2-3,6-7,9,11-12,14H,4-5,8,10,13H2,1H3,(H,24,28). The van der Waals surface area contributed by atoms with Crippen LogP contribution < -0.4 is 5.32 Å². The molecule has 3 heterocycles. The lowest BCUT2D eigenvalue weighted by atomic mass is 10.2. The number of benzene rings is 1. The summed E-state index contributed by atoms with van der Waals surface area (Å²) in [5.74, 6) is -0.0301. The van der Waals surface area contributed by atoms with Crippen LogP contribution in [0.2, 0.25) is 5.02 Å². The summed E-state index contributed by atoms with van der Waals surface area (Å²) in [7, 11) is 0. The lowest BCUT2D eigenvalue weighted by Gasteiger charge is -2.05. The molecule has 0 aliphatic heterocycles. The summed E-state index contributed by atoms with van der Waals surface area (Å²) in [5, 5.41) is 9.39. The van der Waals surface area contributed by atoms with E-state index < -0.39 is 0 Å². The second-order valence-corrected chi connectivity index (χ2v) is 8.37. The quantitative estimate of drug-likeness (QED) is 0.420. The molecule has 1 aromatic carbocycles. The Kier molecular flexibility index (Phi) is 5.97. The summed E-state index contributed by atoms with van der Waals surface area (Å²) in [5.41, 5.74) is 1.93. The van der Waals surface area contributed by atoms with Gasteiger partial charge in [-0.25, -0.2) is 4.98 Å². The highest BCUT2D eigenvalue weighted by Crippen LogP contribution is 2.29. The lowest BCUT2D eigenvalue weighted by molar-refractivity contribution is 0.0957. The lowest BCUT2D eigenvalue weighted by Crippen LogP contribution is -2.23. The Bertz CT molecular complexity index is 1120. The second-order valence-electron chi connectivity index (χ2n) is 6.93. The van der Waals surface area contributed by atoms with Gasteiger partial charge < -0.3 is 9.88 Å². The average molecular weight is 428 g/mol. The van der Waals surface area contributed by atoms with Crippen molar-refractivity contribution in [2.24, 2.45) is 0 Å². The van der Waals surface area contributed by atoms with Crippen LogP contribution in [0.1, 0.15) is 33.8 Å². The highest BCUT2D eigenvalue weighted by Gasteiger charge is 2.16. The first kappa shape index (κ1) is 19.7. The topological polar surface area (TPSA) is 64.7 Å². The zero-order valence-electron chi connectivity index (χ0n) is 16.1. The van der Waals surface area contributed by atoms with Gasteiger partial charge in [0.05, 0.1) is 23.4 Å². The fourth-order valence-electron chi connectivity index (χ4n) is 3.25. The van der Waals surface area contributed by atoms with E-state index in [2.05, 4.69) is 15.4 Å². The van der Waals surface area contributed by atoms with Crippen molar-refractivity contribution in [1.29, 1.82) is 0 Å². The third kappa shape index (κ3) is 4.52. The molecule has 4 aromatic rings. The maximum atomic E-state index is 12.6. The van der Waals surface area contributed by atoms with Crippen LogP contribution in [0.25, 0.3) is 10.2 Å². The predicted octanol–water partition coefficient (Wildman–Crippen LogP) is 4.51. The number of fused-ring (bicyclic) bond motifs is 1. The summed E-state index contributed by atoms with van der Waals surface area (Å²) >= 11 is 7.77. The van der Waals surface area contributed by atoms with Crippen molar-refractivity contribution in [2.75, 3.05) is 6.54 Å². The molecule has 0 fully saturated rings. The van der Waals surface area contributed by atoms with E-state index in [1.165, 1.54) is 11.3 Å². The van der Waals surface area contributed by atoms with Gasteiger partial charge in [-0.1, -0.05) is 29.8 Å². The van der Waals surface area contributed by atoms with E-state index in [1.54, 1.807) is 6.20 Å². The molecule has 4 rings (SSSR count). The van der Waals surface area contributed by atoms with Gasteiger partial charge in [-0.2, -0.15) is 5.10 Å². The molecular formula is C21H22ClN5OS. The number of amides is 1. The third-order valence-corrected chi connectivity index (χ3v) is 6.31. The normalized spacial score (nSPS) is 11.2. The number of aromatic nitrogens is 4. The van der Waals surface area contributed by atoms with Crippen LogP contribution in [0.5, 0.6) is 0 Å². The van der Waals surface area contributed by atoms with E-state index in [-0.39, 0.29) is 5.91 Å². The fourth-order valence-corrected chi connectivity index (χ4v) is 4.52. The first-order valence-corrected chi connectivity index (χ1v) is 10.8. The highest BCUT2D eigenvalue weighted by atomic mass is 35.5. The zero-order chi connectivity index (χ0) is 20.2. The molecule has 29 heavy (non-hydrogen) atoms. The van der Waals surface area contributed by atoms with Crippen molar-refractivity contribution in [3.63, 3.8) is 0 Å². The number of aryl methyl sites for hydroxylation is 2. The maximum Gasteiger partial charge on any atom is 0.261 e. The van der Waals surface area contributed by atoms with Gasteiger partial charge in [-0.3, -0.25) is 9.48 Å². The molecule has 0 atom stereocenters. The average Bonchev–Trinajstić information content (AvgIpc) is 3.43. The zero-order valence-corrected chi connectivity index (χ0v) is 17.7. The minimum atomic E-state index is -0.0301. The summed E-state index contributed by atoms with van der Waals surface area (Å²) in [6, 6.07) is 9.70. The molecule has 3 aromatic heterocycles. The number of halogens is 1. The van der Waals surface area contributed by atoms with Gasteiger partial charge >= 0.3 is 0 Å². The number of carbonyl (C=O) groups excluding carboxylic acids is 1. The Balaban J connectivity index is 1.39. The molecule has 1 N–H and O–H groups in total. The number of imidazole rings is 1. The Morgan fingerprint density at radius 3 is 2.93 bits per heavy atom. The number of nitrogens with zero attached hydrogens (tertiary/aromatic N) is 4. The van der Waals surface area contributed by atoms with Crippen molar-refractivity contribution in [1.82, 2.24) is 24.6 Å². The molecule has 1 amide bonds. The first-order chi connectivity index (χ1) is 14.1. The van der Waals surface area contributed by atoms with Crippen LogP contribution in [0.4, 0.5) is 0 Å². The molecule has 6 nitrogen and oxygen atoms in total. The molecule has 0 aliphatic carbocycles. The number of hydrogen-bond donors (Lipinski definition) is 1. The predicted molar refractivity (Wildman–Crippen MR) is 117 cm³/mol. The summed E-state index contributed by atoms with van der Waals surface area (Å²) < 4.78 is 3.97. The van der Waals surface area contributed by atoms with E-state index in [0.29, 0.717) is 18.0 Å². The van der Waals surface area contributed by atoms with Crippen molar-refractivity contribution in [3.05, 3.63) is 70.2 Å². The van der Waals surface area contributed by atoms with Crippen molar-refractivity contribution < 1.29 is 4.79 Å². The number of rotatable bonds is 8. The Hall–Kier alpha value is -2.64. The number of thiophene rings is 1. The molecule has 0 unspecified atom stereocenters. The molecular weight excluding hydrogens is 406 g/mol. The molecule has 0 radical (unpaired) electrons. The van der Waals surface area contributed by atoms with E-state index in [4.69, 9.17) is 11.6 Å². The molecule has 0 saturated heterocycles. The Morgan fingerprint density at radius 2 is 2.14 bits per heavy atom. The molecule has 0 saturated carbocycles. The minimum absolute atomic E-state index is 0.0301. The second kappa shape index (κ2) is 8.80. The van der Waals surface area contributed by atoms with Gasteiger partial charge in [0.15, 0.2) is 0 Å². The highest BCUT2D eigenvalue weighted by molar-refractivity contribution is 7.20. The summed E-state index contributed by atoms with van der Waals surface area (Å²) in [4.78, 5) is 18.3. The molecule has 0 bridgehead atoms. The van der Waals surface area contributed by atoms with Crippen LogP contribution in [-0.2, 0) is 13.1 Å². The largest absolute Gasteiger partial charge is 0.351 e. The molecule has 150 valence electrons. The van der Waals surface area contributed by atoms with Gasteiger partial charge in [0, 0.05) is 35.9 Å². The number of hydrogen-bond acceptors (Lipinski definition) is 4. The first-order valence-electron chi connectivity index (χ1n) is 9.56. The summed E-state index contributed by atoms with van der Waals surface area (Å²) in [6.07, 6.45) is 7.45. The van der Waals surface area contributed by atoms with E-state index in [1.807, 2.05) is 59.0 Å². The van der Waals surface area contributed by atoms with E-state index >= 15 is 0 Å². The number of carbonyl (C=O) groups is 1. The molecule has 8 heteroatoms. The van der Waals surface area contributed by atoms with E-state index in [9.17, 15) is 4.79 Å². The van der Waals surface area contributed by atoms with Crippen molar-refractivity contribution in [2.45, 2.75) is 32.9 Å². The van der Waals surface area contributed by atoms with Crippen molar-refractivity contribution in [3.8, 4) is 0 Å². The monoisotopic (exact) mass is 427 g/mol. The maximum absolute atomic E-state index is 12.6. The van der Waals surface area contributed by atoms with Crippen LogP contribution in [-0.4, -0.2) is 31.8 Å². The number of nitrogens with one attached hydrogen (secondary N) is 1. The van der Waals surface area contributed by atoms with Crippen LogP contribution >= 0.6 is 22.9 Å². The summed E-state index contributed by atoms with van der Waals surface area (Å²) in [6.45, 7) is 4.12. The molecule has 0 spiro atoms. The van der Waals surface area contributed by atoms with Crippen molar-refractivity contribution >= 4 is 39.1 Å². The van der Waals surface area contributed by atoms with Gasteiger partial charge in [0.25, 0.3) is 5.91 Å². The SMILES string of the molecule is Cc1nn(Cc2ccccc2Cl)c2sc(C(=O)NCCCCn3ccnc3)cc12. The van der Waals surface area contributed by atoms with Gasteiger partial charge in [-0.05, 0) is 37.5 Å². The number of unbranched alkanes of at least 4 members (excludes halogenated alkanes) is 1. The van der Waals surface area contributed by atoms with Gasteiger partial charge in [-0.15, -0.1) is 11.3 Å². The van der Waals surface area contributed by atoms with Gasteiger partial charge in [0.1, 0.15) is 4.83 Å².